The molecular weight excluding hydrogens is 448 g/mol. The summed E-state index contributed by atoms with van der Waals surface area (Å²) in [5, 5.41) is 4.17. The van der Waals surface area contributed by atoms with Crippen LogP contribution in [0.2, 0.25) is 0 Å². The zero-order valence-electron chi connectivity index (χ0n) is 19.3. The van der Waals surface area contributed by atoms with Crippen LogP contribution in [0.15, 0.2) is 78.0 Å². The van der Waals surface area contributed by atoms with E-state index in [1.165, 1.54) is 0 Å². The number of nitrogens with zero attached hydrogens (tertiary/aromatic N) is 3. The molecule has 5 rings (SSSR count). The fraction of sp³-hybridized carbons (Fsp3) is 0.385. The molecule has 8 heteroatoms. The number of hydrogen-bond donors (Lipinski definition) is 1. The molecule has 1 amide bonds. The number of amides is 1. The maximum atomic E-state index is 13.4. The van der Waals surface area contributed by atoms with Crippen LogP contribution >= 0.6 is 0 Å². The molecule has 2 fully saturated rings. The molecule has 2 aromatic carbocycles. The summed E-state index contributed by atoms with van der Waals surface area (Å²) in [5.74, 6) is 0.222. The zero-order valence-corrected chi connectivity index (χ0v) is 20.1. The van der Waals surface area contributed by atoms with Crippen LogP contribution in [0.5, 0.6) is 0 Å². The quantitative estimate of drug-likeness (QED) is 0.579. The van der Waals surface area contributed by atoms with Crippen molar-refractivity contribution < 1.29 is 13.2 Å². The lowest BCUT2D eigenvalue weighted by molar-refractivity contribution is -0.139. The van der Waals surface area contributed by atoms with E-state index in [1.54, 1.807) is 35.1 Å². The van der Waals surface area contributed by atoms with Gasteiger partial charge in [0.25, 0.3) is 0 Å². The Labute approximate surface area is 200 Å². The summed E-state index contributed by atoms with van der Waals surface area (Å²) >= 11 is 0. The molecule has 1 atom stereocenters. The highest BCUT2D eigenvalue weighted by Crippen LogP contribution is 2.47. The number of nitrogens with one attached hydrogen (secondary N) is 1. The first-order valence-electron chi connectivity index (χ1n) is 11.9. The average molecular weight is 479 g/mol. The van der Waals surface area contributed by atoms with E-state index < -0.39 is 10.0 Å². The Kier molecular flexibility index (Phi) is 6.04. The van der Waals surface area contributed by atoms with Crippen molar-refractivity contribution >= 4 is 15.9 Å². The monoisotopic (exact) mass is 478 g/mol. The highest BCUT2D eigenvalue weighted by atomic mass is 32.2. The molecule has 0 bridgehead atoms. The fourth-order valence-corrected chi connectivity index (χ4v) is 6.67. The molecule has 2 heterocycles. The van der Waals surface area contributed by atoms with E-state index in [0.29, 0.717) is 12.8 Å². The van der Waals surface area contributed by atoms with E-state index in [4.69, 9.17) is 0 Å². The summed E-state index contributed by atoms with van der Waals surface area (Å²) in [6, 6.07) is 18.5. The summed E-state index contributed by atoms with van der Waals surface area (Å²) in [6.07, 6.45) is 7.11. The predicted octanol–water partition coefficient (Wildman–Crippen LogP) is 4.07. The van der Waals surface area contributed by atoms with Crippen LogP contribution in [0.4, 0.5) is 0 Å². The maximum Gasteiger partial charge on any atom is 0.240 e. The largest absolute Gasteiger partial charge is 0.335 e. The third kappa shape index (κ3) is 4.28. The Morgan fingerprint density at radius 2 is 1.71 bits per heavy atom. The highest BCUT2D eigenvalue weighted by molar-refractivity contribution is 7.89. The molecular formula is C26H30N4O3S. The summed E-state index contributed by atoms with van der Waals surface area (Å²) in [5.41, 5.74) is 1.60. The smallest absolute Gasteiger partial charge is 0.240 e. The van der Waals surface area contributed by atoms with Crippen molar-refractivity contribution in [1.82, 2.24) is 19.4 Å². The van der Waals surface area contributed by atoms with Crippen molar-refractivity contribution in [3.05, 3.63) is 78.6 Å². The summed E-state index contributed by atoms with van der Waals surface area (Å²) < 4.78 is 30.5. The number of benzene rings is 2. The van der Waals surface area contributed by atoms with Crippen LogP contribution in [-0.4, -0.2) is 41.6 Å². The Bertz CT molecular complexity index is 1230. The zero-order chi connectivity index (χ0) is 23.8. The van der Waals surface area contributed by atoms with Gasteiger partial charge in [0.2, 0.25) is 15.9 Å². The van der Waals surface area contributed by atoms with E-state index in [1.807, 2.05) is 35.4 Å². The fourth-order valence-electron chi connectivity index (χ4n) is 5.37. The van der Waals surface area contributed by atoms with E-state index >= 15 is 0 Å². The lowest BCUT2D eigenvalue weighted by atomic mass is 9.71. The number of carbonyl (C=O) groups excluding carboxylic acids is 1. The van der Waals surface area contributed by atoms with Crippen LogP contribution in [0.1, 0.15) is 50.6 Å². The third-order valence-corrected chi connectivity index (χ3v) is 9.01. The van der Waals surface area contributed by atoms with Gasteiger partial charge in [0.05, 0.1) is 22.0 Å². The predicted molar refractivity (Wildman–Crippen MR) is 130 cm³/mol. The standard InChI is InChI=1S/C26H30N4O3S/c1-20(21-6-3-2-4-7-21)29-19-16-26(25(29)31)14-12-22(13-15-26)28-34(32,33)24-10-8-23(9-11-24)30-18-5-17-27-30/h2-11,17-18,20,22,28H,12-16,19H2,1H3/t20-,22?,26?/m1/s1. The first-order valence-corrected chi connectivity index (χ1v) is 13.3. The van der Waals surface area contributed by atoms with Gasteiger partial charge in [-0.3, -0.25) is 4.79 Å². The second-order valence-corrected chi connectivity index (χ2v) is 11.2. The van der Waals surface area contributed by atoms with Gasteiger partial charge in [-0.05, 0) is 74.9 Å². The van der Waals surface area contributed by atoms with Gasteiger partial charge < -0.3 is 4.90 Å². The molecule has 1 aromatic heterocycles. The third-order valence-electron chi connectivity index (χ3n) is 7.48. The second kappa shape index (κ2) is 9.00. The van der Waals surface area contributed by atoms with Crippen LogP contribution in [0.3, 0.4) is 0 Å². The lowest BCUT2D eigenvalue weighted by Crippen LogP contribution is -2.44. The molecule has 1 spiro atoms. The minimum Gasteiger partial charge on any atom is -0.335 e. The van der Waals surface area contributed by atoms with Crippen molar-refractivity contribution in [3.8, 4) is 5.69 Å². The molecule has 1 saturated carbocycles. The Hall–Kier alpha value is -2.97. The molecule has 1 aliphatic carbocycles. The minimum atomic E-state index is -3.63. The number of hydrogen-bond acceptors (Lipinski definition) is 4. The van der Waals surface area contributed by atoms with Gasteiger partial charge in [0.1, 0.15) is 0 Å². The summed E-state index contributed by atoms with van der Waals surface area (Å²) in [6.45, 7) is 2.84. The van der Waals surface area contributed by atoms with E-state index in [-0.39, 0.29) is 28.3 Å². The molecule has 7 nitrogen and oxygen atoms in total. The van der Waals surface area contributed by atoms with Crippen LogP contribution in [-0.2, 0) is 14.8 Å². The van der Waals surface area contributed by atoms with Crippen LogP contribution < -0.4 is 4.72 Å². The van der Waals surface area contributed by atoms with Crippen molar-refractivity contribution in [2.24, 2.45) is 5.41 Å². The van der Waals surface area contributed by atoms with Crippen LogP contribution in [0, 0.1) is 5.41 Å². The molecule has 0 unspecified atom stereocenters. The van der Waals surface area contributed by atoms with Gasteiger partial charge >= 0.3 is 0 Å². The maximum absolute atomic E-state index is 13.4. The van der Waals surface area contributed by atoms with Gasteiger partial charge in [0.15, 0.2) is 0 Å². The van der Waals surface area contributed by atoms with E-state index in [0.717, 1.165) is 37.1 Å². The molecule has 1 N–H and O–H groups in total. The van der Waals surface area contributed by atoms with Crippen molar-refractivity contribution in [1.29, 1.82) is 0 Å². The number of rotatable bonds is 6. The first kappa shape index (κ1) is 22.8. The normalized spacial score (nSPS) is 24.0. The molecule has 1 saturated heterocycles. The topological polar surface area (TPSA) is 84.3 Å². The summed E-state index contributed by atoms with van der Waals surface area (Å²) in [4.78, 5) is 15.7. The molecule has 3 aromatic rings. The van der Waals surface area contributed by atoms with Gasteiger partial charge in [-0.2, -0.15) is 5.10 Å². The lowest BCUT2D eigenvalue weighted by Gasteiger charge is -2.36. The molecule has 0 radical (unpaired) electrons. The number of sulfonamides is 1. The first-order chi connectivity index (χ1) is 16.4. The van der Waals surface area contributed by atoms with Crippen molar-refractivity contribution in [2.75, 3.05) is 6.54 Å². The van der Waals surface area contributed by atoms with Gasteiger partial charge in [-0.1, -0.05) is 30.3 Å². The number of likely N-dealkylation sites (tertiary alicyclic amines) is 1. The molecule has 2 aliphatic rings. The molecule has 1 aliphatic heterocycles. The Morgan fingerprint density at radius 3 is 2.35 bits per heavy atom. The number of carbonyl (C=O) groups is 1. The van der Waals surface area contributed by atoms with Gasteiger partial charge in [-0.15, -0.1) is 0 Å². The Morgan fingerprint density at radius 1 is 1.00 bits per heavy atom. The van der Waals surface area contributed by atoms with Crippen molar-refractivity contribution in [3.63, 3.8) is 0 Å². The van der Waals surface area contributed by atoms with Gasteiger partial charge in [0, 0.05) is 25.0 Å². The average Bonchev–Trinajstić information content (AvgIpc) is 3.50. The highest BCUT2D eigenvalue weighted by Gasteiger charge is 2.49. The van der Waals surface area contributed by atoms with Crippen molar-refractivity contribution in [2.45, 2.75) is 56.0 Å². The molecule has 178 valence electrons. The van der Waals surface area contributed by atoms with E-state index in [2.05, 4.69) is 28.9 Å². The SMILES string of the molecule is C[C@H](c1ccccc1)N1CCC2(CCC(NS(=O)(=O)c3ccc(-n4cccn4)cc3)CC2)C1=O. The summed E-state index contributed by atoms with van der Waals surface area (Å²) in [7, 11) is -3.63. The minimum absolute atomic E-state index is 0.0500. The van der Waals surface area contributed by atoms with Crippen LogP contribution in [0.25, 0.3) is 5.69 Å². The molecule has 34 heavy (non-hydrogen) atoms. The van der Waals surface area contributed by atoms with E-state index in [9.17, 15) is 13.2 Å². The second-order valence-electron chi connectivity index (χ2n) is 9.46. The van der Waals surface area contributed by atoms with Gasteiger partial charge in [-0.25, -0.2) is 17.8 Å². The Balaban J connectivity index is 1.21. The number of aromatic nitrogens is 2.